The predicted molar refractivity (Wildman–Crippen MR) is 216 cm³/mol. The first-order valence-electron chi connectivity index (χ1n) is 17.5. The molecule has 9 aromatic carbocycles. The van der Waals surface area contributed by atoms with Crippen LogP contribution in [0.3, 0.4) is 0 Å². The Hall–Kier alpha value is -6.98. The quantitative estimate of drug-likeness (QED) is 0.0719. The topological polar surface area (TPSA) is 101 Å². The van der Waals surface area contributed by atoms with Gasteiger partial charge in [0.05, 0.1) is 5.56 Å². The third-order valence-electron chi connectivity index (χ3n) is 10.6. The van der Waals surface area contributed by atoms with Crippen molar-refractivity contribution in [2.45, 2.75) is 13.8 Å². The van der Waals surface area contributed by atoms with Crippen LogP contribution in [0.5, 0.6) is 28.7 Å². The number of phenolic OH excluding ortho intramolecular Hbond substituents is 5. The Kier molecular flexibility index (Phi) is 7.28. The van der Waals surface area contributed by atoms with Crippen molar-refractivity contribution >= 4 is 43.1 Å². The number of phenols is 5. The molecular formula is C48H34O5. The fourth-order valence-electron chi connectivity index (χ4n) is 8.18. The highest BCUT2D eigenvalue weighted by molar-refractivity contribution is 6.24. The molecule has 0 aliphatic rings. The molecule has 0 heterocycles. The number of rotatable bonds is 4. The Morgan fingerprint density at radius 3 is 1.42 bits per heavy atom. The summed E-state index contributed by atoms with van der Waals surface area (Å²) >= 11 is 0. The summed E-state index contributed by atoms with van der Waals surface area (Å²) in [6.07, 6.45) is 0. The molecule has 0 aliphatic carbocycles. The Morgan fingerprint density at radius 1 is 0.302 bits per heavy atom. The van der Waals surface area contributed by atoms with E-state index in [2.05, 4.69) is 123 Å². The summed E-state index contributed by atoms with van der Waals surface area (Å²) < 4.78 is 0. The molecule has 5 nitrogen and oxygen atoms in total. The highest BCUT2D eigenvalue weighted by Gasteiger charge is 2.25. The maximum atomic E-state index is 10.7. The van der Waals surface area contributed by atoms with Crippen LogP contribution in [-0.4, -0.2) is 25.5 Å². The SMILES string of the molecule is Cc1cc2ccccc2cc1-c1c(C)cccc1-c1c2ccccc2c(-c2cccc3cc(-c4c(O)c(O)c(O)c(O)c4O)ccc23)c2ccccc12. The van der Waals surface area contributed by atoms with Gasteiger partial charge in [0.1, 0.15) is 0 Å². The maximum absolute atomic E-state index is 10.7. The zero-order valence-electron chi connectivity index (χ0n) is 29.0. The van der Waals surface area contributed by atoms with Gasteiger partial charge in [-0.1, -0.05) is 127 Å². The molecule has 0 aliphatic heterocycles. The second kappa shape index (κ2) is 12.1. The van der Waals surface area contributed by atoms with E-state index in [-0.39, 0.29) is 5.56 Å². The van der Waals surface area contributed by atoms with Gasteiger partial charge in [0.15, 0.2) is 11.5 Å². The van der Waals surface area contributed by atoms with E-state index in [9.17, 15) is 25.5 Å². The average Bonchev–Trinajstić information content (AvgIpc) is 3.18. The van der Waals surface area contributed by atoms with Crippen molar-refractivity contribution in [3.63, 3.8) is 0 Å². The van der Waals surface area contributed by atoms with Gasteiger partial charge in [-0.05, 0) is 119 Å². The van der Waals surface area contributed by atoms with Crippen LogP contribution in [0.2, 0.25) is 0 Å². The zero-order valence-corrected chi connectivity index (χ0v) is 29.0. The lowest BCUT2D eigenvalue weighted by Gasteiger charge is -2.22. The third kappa shape index (κ3) is 4.85. The first-order chi connectivity index (χ1) is 25.7. The highest BCUT2D eigenvalue weighted by Crippen LogP contribution is 2.55. The Labute approximate surface area is 305 Å². The molecule has 256 valence electrons. The van der Waals surface area contributed by atoms with Gasteiger partial charge >= 0.3 is 0 Å². The minimum atomic E-state index is -0.987. The summed E-state index contributed by atoms with van der Waals surface area (Å²) in [7, 11) is 0. The number of hydrogen-bond acceptors (Lipinski definition) is 5. The second-order valence-electron chi connectivity index (χ2n) is 13.7. The number of aryl methyl sites for hydroxylation is 2. The van der Waals surface area contributed by atoms with Gasteiger partial charge in [-0.25, -0.2) is 0 Å². The van der Waals surface area contributed by atoms with Crippen LogP contribution in [0.1, 0.15) is 11.1 Å². The molecule has 9 rings (SSSR count). The molecule has 0 amide bonds. The molecule has 0 saturated heterocycles. The molecule has 5 heteroatoms. The van der Waals surface area contributed by atoms with Gasteiger partial charge < -0.3 is 25.5 Å². The van der Waals surface area contributed by atoms with Crippen molar-refractivity contribution in [2.75, 3.05) is 0 Å². The molecule has 0 spiro atoms. The Morgan fingerprint density at radius 2 is 0.792 bits per heavy atom. The van der Waals surface area contributed by atoms with E-state index >= 15 is 0 Å². The van der Waals surface area contributed by atoms with E-state index < -0.39 is 28.7 Å². The lowest BCUT2D eigenvalue weighted by atomic mass is 9.81. The number of aromatic hydroxyl groups is 5. The normalized spacial score (nSPS) is 11.6. The molecule has 0 fully saturated rings. The summed E-state index contributed by atoms with van der Waals surface area (Å²) in [5, 5.41) is 60.5. The summed E-state index contributed by atoms with van der Waals surface area (Å²) in [6, 6.07) is 48.3. The van der Waals surface area contributed by atoms with E-state index in [1.165, 1.54) is 44.2 Å². The van der Waals surface area contributed by atoms with Crippen molar-refractivity contribution in [3.05, 3.63) is 151 Å². The number of fused-ring (bicyclic) bond motifs is 4. The molecule has 0 bridgehead atoms. The van der Waals surface area contributed by atoms with Crippen molar-refractivity contribution in [1.82, 2.24) is 0 Å². The first-order valence-corrected chi connectivity index (χ1v) is 17.5. The smallest absolute Gasteiger partial charge is 0.208 e. The van der Waals surface area contributed by atoms with E-state index in [1.807, 2.05) is 18.2 Å². The average molecular weight is 691 g/mol. The molecule has 0 radical (unpaired) electrons. The zero-order chi connectivity index (χ0) is 36.5. The van der Waals surface area contributed by atoms with E-state index in [4.69, 9.17) is 0 Å². The molecule has 0 unspecified atom stereocenters. The van der Waals surface area contributed by atoms with Crippen molar-refractivity contribution < 1.29 is 25.5 Å². The van der Waals surface area contributed by atoms with Crippen LogP contribution in [0, 0.1) is 13.8 Å². The van der Waals surface area contributed by atoms with E-state index in [1.54, 1.807) is 12.1 Å². The van der Waals surface area contributed by atoms with Gasteiger partial charge in [0, 0.05) is 0 Å². The maximum Gasteiger partial charge on any atom is 0.208 e. The Bertz CT molecular complexity index is 2890. The monoisotopic (exact) mass is 690 g/mol. The summed E-state index contributed by atoms with van der Waals surface area (Å²) in [5.74, 6) is -4.26. The van der Waals surface area contributed by atoms with Crippen LogP contribution in [0.15, 0.2) is 140 Å². The van der Waals surface area contributed by atoms with Gasteiger partial charge in [-0.3, -0.25) is 0 Å². The molecule has 5 N–H and O–H groups in total. The Balaban J connectivity index is 1.32. The molecule has 0 aromatic heterocycles. The van der Waals surface area contributed by atoms with Gasteiger partial charge in [-0.15, -0.1) is 0 Å². The third-order valence-corrected chi connectivity index (χ3v) is 10.6. The fraction of sp³-hybridized carbons (Fsp3) is 0.0417. The van der Waals surface area contributed by atoms with Gasteiger partial charge in [0.25, 0.3) is 0 Å². The number of hydrogen-bond donors (Lipinski definition) is 5. The van der Waals surface area contributed by atoms with Crippen LogP contribution in [0.4, 0.5) is 0 Å². The van der Waals surface area contributed by atoms with Crippen LogP contribution in [-0.2, 0) is 0 Å². The van der Waals surface area contributed by atoms with E-state index in [0.29, 0.717) is 5.56 Å². The van der Waals surface area contributed by atoms with Crippen LogP contribution < -0.4 is 0 Å². The first kappa shape index (κ1) is 32.0. The fourth-order valence-corrected chi connectivity index (χ4v) is 8.18. The summed E-state index contributed by atoms with van der Waals surface area (Å²) in [6.45, 7) is 4.38. The minimum absolute atomic E-state index is 0.180. The minimum Gasteiger partial charge on any atom is -0.504 e. The summed E-state index contributed by atoms with van der Waals surface area (Å²) in [5.41, 5.74) is 9.47. The van der Waals surface area contributed by atoms with Crippen LogP contribution >= 0.6 is 0 Å². The predicted octanol–water partition coefficient (Wildman–Crippen LogP) is 12.1. The van der Waals surface area contributed by atoms with Crippen molar-refractivity contribution in [1.29, 1.82) is 0 Å². The van der Waals surface area contributed by atoms with E-state index in [0.717, 1.165) is 43.4 Å². The lowest BCUT2D eigenvalue weighted by Crippen LogP contribution is -1.96. The standard InChI is InChI=1S/C48H34O5/c1-26-11-9-20-38(40(26)39-25-29-13-4-3-12-28(29)23-27(39)2)43-36-17-7-5-15-34(36)42(35-16-6-8-18-37(35)43)33-19-10-14-30-24-31(21-22-32(30)33)41-44(49)46(51)48(53)47(52)45(41)50/h3-25,49-53H,1-2H3. The second-order valence-corrected chi connectivity index (χ2v) is 13.7. The number of benzene rings is 9. The largest absolute Gasteiger partial charge is 0.504 e. The van der Waals surface area contributed by atoms with Crippen molar-refractivity contribution in [2.24, 2.45) is 0 Å². The highest BCUT2D eigenvalue weighted by atomic mass is 16.4. The molecule has 9 aromatic rings. The van der Waals surface area contributed by atoms with Gasteiger partial charge in [0.2, 0.25) is 17.2 Å². The van der Waals surface area contributed by atoms with Crippen LogP contribution in [0.25, 0.3) is 87.6 Å². The molecule has 53 heavy (non-hydrogen) atoms. The molecular weight excluding hydrogens is 657 g/mol. The summed E-state index contributed by atoms with van der Waals surface area (Å²) in [4.78, 5) is 0. The van der Waals surface area contributed by atoms with Gasteiger partial charge in [-0.2, -0.15) is 0 Å². The molecule has 0 atom stereocenters. The lowest BCUT2D eigenvalue weighted by molar-refractivity contribution is 0.330. The molecule has 0 saturated carbocycles. The van der Waals surface area contributed by atoms with Crippen molar-refractivity contribution in [3.8, 4) is 73.3 Å².